The molecule has 2 aromatic rings. The Bertz CT molecular complexity index is 843. The molecule has 3 rings (SSSR count). The fourth-order valence-electron chi connectivity index (χ4n) is 3.43. The van der Waals surface area contributed by atoms with Gasteiger partial charge >= 0.3 is 0 Å². The van der Waals surface area contributed by atoms with Gasteiger partial charge in [-0.2, -0.15) is 0 Å². The zero-order chi connectivity index (χ0) is 17.6. The molecule has 0 saturated carbocycles. The van der Waals surface area contributed by atoms with Crippen LogP contribution in [0.25, 0.3) is 0 Å². The number of anilines is 1. The maximum absolute atomic E-state index is 13.0. The molecule has 4 nitrogen and oxygen atoms in total. The Balaban J connectivity index is 2.04. The van der Waals surface area contributed by atoms with E-state index in [2.05, 4.69) is 5.32 Å². The van der Waals surface area contributed by atoms with Crippen LogP contribution in [0.2, 0.25) is 0 Å². The van der Waals surface area contributed by atoms with Crippen molar-refractivity contribution >= 4 is 17.4 Å². The molecule has 0 saturated heterocycles. The number of aryl methyl sites for hydroxylation is 2. The van der Waals surface area contributed by atoms with Gasteiger partial charge in [0.15, 0.2) is 11.4 Å². The highest BCUT2D eigenvalue weighted by Crippen LogP contribution is 2.39. The van der Waals surface area contributed by atoms with Gasteiger partial charge in [0, 0.05) is 16.8 Å². The molecular weight excluding hydrogens is 302 g/mol. The molecule has 0 radical (unpaired) electrons. The number of carbonyl (C=O) groups is 2. The maximum Gasteiger partial charge on any atom is 0.261 e. The van der Waals surface area contributed by atoms with E-state index in [9.17, 15) is 14.7 Å². The van der Waals surface area contributed by atoms with Crippen LogP contribution < -0.4 is 5.32 Å². The average Bonchev–Trinajstić information content (AvgIpc) is 2.77. The summed E-state index contributed by atoms with van der Waals surface area (Å²) in [6.07, 6.45) is -0.263. The van der Waals surface area contributed by atoms with Gasteiger partial charge in [0.1, 0.15) is 0 Å². The number of aliphatic hydroxyl groups is 1. The second-order valence-electron chi connectivity index (χ2n) is 6.60. The Morgan fingerprint density at radius 1 is 1.08 bits per heavy atom. The van der Waals surface area contributed by atoms with Crippen LogP contribution in [0.3, 0.4) is 0 Å². The number of amides is 1. The molecule has 2 N–H and O–H groups in total. The molecule has 124 valence electrons. The molecule has 0 spiro atoms. The average molecular weight is 323 g/mol. The Morgan fingerprint density at radius 2 is 1.67 bits per heavy atom. The predicted octanol–water partition coefficient (Wildman–Crippen LogP) is 3.33. The smallest absolute Gasteiger partial charge is 0.261 e. The minimum absolute atomic E-state index is 0.217. The van der Waals surface area contributed by atoms with Crippen LogP contribution in [0.4, 0.5) is 5.69 Å². The summed E-state index contributed by atoms with van der Waals surface area (Å²) >= 11 is 0. The number of hydrogen-bond donors (Lipinski definition) is 2. The second kappa shape index (κ2) is 5.56. The molecule has 1 aliphatic heterocycles. The number of carbonyl (C=O) groups excluding carboxylic acids is 2. The third kappa shape index (κ3) is 2.34. The van der Waals surface area contributed by atoms with Crippen molar-refractivity contribution in [3.05, 3.63) is 63.7 Å². The summed E-state index contributed by atoms with van der Waals surface area (Å²) in [5.41, 5.74) is 3.68. The van der Waals surface area contributed by atoms with Gasteiger partial charge in [-0.1, -0.05) is 24.3 Å². The number of Topliss-reactive ketones (excluding diaryl/α,β-unsaturated/α-hetero) is 1. The summed E-state index contributed by atoms with van der Waals surface area (Å²) in [5, 5.41) is 13.6. The normalized spacial score (nSPS) is 19.1. The summed E-state index contributed by atoms with van der Waals surface area (Å²) in [6.45, 7) is 7.74. The van der Waals surface area contributed by atoms with Crippen molar-refractivity contribution in [1.29, 1.82) is 0 Å². The largest absolute Gasteiger partial charge is 0.375 e. The van der Waals surface area contributed by atoms with Crippen molar-refractivity contribution in [1.82, 2.24) is 0 Å². The van der Waals surface area contributed by atoms with Crippen molar-refractivity contribution in [2.24, 2.45) is 0 Å². The van der Waals surface area contributed by atoms with Gasteiger partial charge in [0.2, 0.25) is 0 Å². The van der Waals surface area contributed by atoms with Gasteiger partial charge in [-0.15, -0.1) is 0 Å². The van der Waals surface area contributed by atoms with Crippen molar-refractivity contribution < 1.29 is 14.7 Å². The van der Waals surface area contributed by atoms with E-state index in [0.29, 0.717) is 16.8 Å². The quantitative estimate of drug-likeness (QED) is 0.852. The summed E-state index contributed by atoms with van der Waals surface area (Å²) in [4.78, 5) is 25.3. The third-order valence-electron chi connectivity index (χ3n) is 5.06. The van der Waals surface area contributed by atoms with E-state index in [4.69, 9.17) is 0 Å². The molecule has 1 heterocycles. The monoisotopic (exact) mass is 323 g/mol. The summed E-state index contributed by atoms with van der Waals surface area (Å²) < 4.78 is 0. The molecule has 0 aromatic heterocycles. The fraction of sp³-hybridized carbons (Fsp3) is 0.300. The standard InChI is InChI=1S/C20H21NO3/c1-11-9-12(2)14(4)18(13(11)3)17(22)10-20(24)15-7-5-6-8-16(15)21-19(20)23/h5-9,24H,10H2,1-4H3,(H,21,23)/t20-/m1/s1. The molecule has 1 amide bonds. The van der Waals surface area contributed by atoms with Gasteiger partial charge in [-0.3, -0.25) is 9.59 Å². The highest BCUT2D eigenvalue weighted by atomic mass is 16.3. The molecule has 4 heteroatoms. The summed E-state index contributed by atoms with van der Waals surface area (Å²) in [6, 6.07) is 8.99. The summed E-state index contributed by atoms with van der Waals surface area (Å²) in [7, 11) is 0. The SMILES string of the molecule is Cc1cc(C)c(C)c(C(=O)C[C@]2(O)C(=O)Nc3ccccc32)c1C. The molecule has 24 heavy (non-hydrogen) atoms. The minimum atomic E-state index is -1.82. The van der Waals surface area contributed by atoms with Crippen LogP contribution in [-0.4, -0.2) is 16.8 Å². The van der Waals surface area contributed by atoms with E-state index in [1.54, 1.807) is 24.3 Å². The van der Waals surface area contributed by atoms with Gasteiger partial charge in [-0.25, -0.2) is 0 Å². The lowest BCUT2D eigenvalue weighted by molar-refractivity contribution is -0.133. The van der Waals surface area contributed by atoms with E-state index in [0.717, 1.165) is 22.3 Å². The molecule has 0 bridgehead atoms. The van der Waals surface area contributed by atoms with E-state index >= 15 is 0 Å². The van der Waals surface area contributed by atoms with Crippen LogP contribution >= 0.6 is 0 Å². The molecule has 0 unspecified atom stereocenters. The number of para-hydroxylation sites is 1. The number of rotatable bonds is 3. The van der Waals surface area contributed by atoms with Crippen LogP contribution in [0.5, 0.6) is 0 Å². The van der Waals surface area contributed by atoms with Crippen molar-refractivity contribution in [2.45, 2.75) is 39.7 Å². The topological polar surface area (TPSA) is 66.4 Å². The number of ketones is 1. The number of nitrogens with one attached hydrogen (secondary N) is 1. The van der Waals surface area contributed by atoms with Crippen molar-refractivity contribution in [3.63, 3.8) is 0 Å². The first-order valence-corrected chi connectivity index (χ1v) is 7.99. The molecule has 1 aliphatic rings. The lowest BCUT2D eigenvalue weighted by atomic mass is 9.84. The van der Waals surface area contributed by atoms with Crippen molar-refractivity contribution in [2.75, 3.05) is 5.32 Å². The van der Waals surface area contributed by atoms with Crippen LogP contribution in [0, 0.1) is 27.7 Å². The second-order valence-corrected chi connectivity index (χ2v) is 6.60. The Kier molecular flexibility index (Phi) is 3.80. The molecule has 0 aliphatic carbocycles. The van der Waals surface area contributed by atoms with E-state index in [1.165, 1.54) is 0 Å². The number of hydrogen-bond acceptors (Lipinski definition) is 3. The van der Waals surface area contributed by atoms with Gasteiger partial charge < -0.3 is 10.4 Å². The van der Waals surface area contributed by atoms with Crippen LogP contribution in [-0.2, 0) is 10.4 Å². The highest BCUT2D eigenvalue weighted by Gasteiger charge is 2.46. The fourth-order valence-corrected chi connectivity index (χ4v) is 3.43. The first kappa shape index (κ1) is 16.4. The summed E-state index contributed by atoms with van der Waals surface area (Å²) in [5.74, 6) is -0.761. The number of fused-ring (bicyclic) bond motifs is 1. The maximum atomic E-state index is 13.0. The van der Waals surface area contributed by atoms with Crippen molar-refractivity contribution in [3.8, 4) is 0 Å². The molecular formula is C20H21NO3. The minimum Gasteiger partial charge on any atom is -0.375 e. The van der Waals surface area contributed by atoms with Gasteiger partial charge in [-0.05, 0) is 56.0 Å². The molecule has 2 aromatic carbocycles. The Hall–Kier alpha value is -2.46. The molecule has 1 atom stereocenters. The zero-order valence-electron chi connectivity index (χ0n) is 14.4. The third-order valence-corrected chi connectivity index (χ3v) is 5.06. The zero-order valence-corrected chi connectivity index (χ0v) is 14.4. The number of benzene rings is 2. The first-order chi connectivity index (χ1) is 11.3. The van der Waals surface area contributed by atoms with E-state index in [1.807, 2.05) is 33.8 Å². The highest BCUT2D eigenvalue weighted by molar-refractivity contribution is 6.10. The molecule has 0 fully saturated rings. The Morgan fingerprint density at radius 3 is 2.29 bits per heavy atom. The van der Waals surface area contributed by atoms with Crippen LogP contribution in [0.15, 0.2) is 30.3 Å². The first-order valence-electron chi connectivity index (χ1n) is 7.99. The van der Waals surface area contributed by atoms with Gasteiger partial charge in [0.05, 0.1) is 6.42 Å². The van der Waals surface area contributed by atoms with Gasteiger partial charge in [0.25, 0.3) is 5.91 Å². The predicted molar refractivity (Wildman–Crippen MR) is 93.3 cm³/mol. The lowest BCUT2D eigenvalue weighted by Crippen LogP contribution is -2.36. The van der Waals surface area contributed by atoms with E-state index < -0.39 is 11.5 Å². The van der Waals surface area contributed by atoms with Crippen LogP contribution in [0.1, 0.15) is 44.6 Å². The lowest BCUT2D eigenvalue weighted by Gasteiger charge is -2.22. The Labute approximate surface area is 141 Å². The van der Waals surface area contributed by atoms with E-state index in [-0.39, 0.29) is 12.2 Å².